The lowest BCUT2D eigenvalue weighted by Crippen LogP contribution is -2.31. The van der Waals surface area contributed by atoms with Crippen LogP contribution in [0.4, 0.5) is 13.2 Å². The van der Waals surface area contributed by atoms with E-state index in [0.29, 0.717) is 5.56 Å². The van der Waals surface area contributed by atoms with Crippen LogP contribution in [0.2, 0.25) is 0 Å². The van der Waals surface area contributed by atoms with Gasteiger partial charge in [0.05, 0.1) is 7.11 Å². The van der Waals surface area contributed by atoms with Gasteiger partial charge in [0.2, 0.25) is 5.91 Å². The molecular formula is C14H14F3N3O4. The highest BCUT2D eigenvalue weighted by Crippen LogP contribution is 2.52. The maximum atomic E-state index is 12.9. The number of methoxy groups -OCH3 is 1. The van der Waals surface area contributed by atoms with Crippen molar-refractivity contribution in [3.05, 3.63) is 35.4 Å². The predicted molar refractivity (Wildman–Crippen MR) is 73.7 cm³/mol. The van der Waals surface area contributed by atoms with E-state index >= 15 is 0 Å². The fraction of sp³-hybridized carbons (Fsp3) is 0.429. The summed E-state index contributed by atoms with van der Waals surface area (Å²) >= 11 is 0. The van der Waals surface area contributed by atoms with Crippen molar-refractivity contribution in [2.24, 2.45) is 10.2 Å². The third-order valence-electron chi connectivity index (χ3n) is 3.20. The largest absolute Gasteiger partial charge is 0.467 e. The van der Waals surface area contributed by atoms with Crippen LogP contribution in [0.25, 0.3) is 0 Å². The number of ether oxygens (including phenoxy) is 2. The Kier molecular flexibility index (Phi) is 5.17. The van der Waals surface area contributed by atoms with Crippen LogP contribution >= 0.6 is 0 Å². The van der Waals surface area contributed by atoms with Crippen molar-refractivity contribution in [1.29, 1.82) is 0 Å². The minimum absolute atomic E-state index is 0.00218. The van der Waals surface area contributed by atoms with Gasteiger partial charge in [-0.3, -0.25) is 4.79 Å². The molecule has 1 aromatic rings. The number of halogens is 3. The van der Waals surface area contributed by atoms with Crippen molar-refractivity contribution in [3.63, 3.8) is 0 Å². The quantitative estimate of drug-likeness (QED) is 0.762. The molecule has 0 fully saturated rings. The van der Waals surface area contributed by atoms with Crippen LogP contribution in [0.5, 0.6) is 0 Å². The standard InChI is InChI=1S/C14H14F3N3O4/c1-23-12(22)8-24-7-11(21)18-6-9-3-2-4-10(5-9)13(19-20-13)14(15,16)17/h2-5H,6-8H2,1H3,(H,18,21). The molecule has 24 heavy (non-hydrogen) atoms. The van der Waals surface area contributed by atoms with Gasteiger partial charge in [-0.25, -0.2) is 4.79 Å². The summed E-state index contributed by atoms with van der Waals surface area (Å²) in [6, 6.07) is 5.55. The Morgan fingerprint density at radius 2 is 1.96 bits per heavy atom. The summed E-state index contributed by atoms with van der Waals surface area (Å²) in [4.78, 5) is 22.3. The topological polar surface area (TPSA) is 89.3 Å². The molecule has 7 nitrogen and oxygen atoms in total. The maximum absolute atomic E-state index is 12.9. The van der Waals surface area contributed by atoms with Crippen LogP contribution in [0.15, 0.2) is 34.5 Å². The molecule has 1 aromatic carbocycles. The third kappa shape index (κ3) is 4.07. The summed E-state index contributed by atoms with van der Waals surface area (Å²) in [5.41, 5.74) is -2.14. The first-order valence-electron chi connectivity index (χ1n) is 6.80. The van der Waals surface area contributed by atoms with Crippen LogP contribution in [0, 0.1) is 0 Å². The molecule has 0 unspecified atom stereocenters. The van der Waals surface area contributed by atoms with E-state index in [9.17, 15) is 22.8 Å². The number of carbonyl (C=O) groups excluding carboxylic acids is 2. The van der Waals surface area contributed by atoms with E-state index in [2.05, 4.69) is 20.3 Å². The van der Waals surface area contributed by atoms with E-state index in [1.165, 1.54) is 25.3 Å². The molecule has 1 heterocycles. The molecule has 0 atom stereocenters. The Morgan fingerprint density at radius 3 is 2.54 bits per heavy atom. The highest BCUT2D eigenvalue weighted by Gasteiger charge is 2.65. The zero-order chi connectivity index (χ0) is 17.8. The van der Waals surface area contributed by atoms with Crippen molar-refractivity contribution in [3.8, 4) is 0 Å². The first kappa shape index (κ1) is 17.9. The molecule has 130 valence electrons. The minimum atomic E-state index is -4.60. The summed E-state index contributed by atoms with van der Waals surface area (Å²) in [6.45, 7) is -0.731. The lowest BCUT2D eigenvalue weighted by molar-refractivity contribution is -0.166. The number of hydrogen-bond donors (Lipinski definition) is 1. The molecule has 2 rings (SSSR count). The average Bonchev–Trinajstić information content (AvgIpc) is 3.34. The van der Waals surface area contributed by atoms with Crippen molar-refractivity contribution < 1.29 is 32.2 Å². The van der Waals surface area contributed by atoms with Gasteiger partial charge in [-0.2, -0.15) is 13.2 Å². The lowest BCUT2D eigenvalue weighted by Gasteiger charge is -2.15. The van der Waals surface area contributed by atoms with Gasteiger partial charge >= 0.3 is 17.8 Å². The molecular weight excluding hydrogens is 331 g/mol. The number of nitrogens with one attached hydrogen (secondary N) is 1. The highest BCUT2D eigenvalue weighted by atomic mass is 19.4. The molecule has 0 radical (unpaired) electrons. The van der Waals surface area contributed by atoms with Crippen LogP contribution < -0.4 is 5.32 Å². The summed E-state index contributed by atoms with van der Waals surface area (Å²) < 4.78 is 48.0. The van der Waals surface area contributed by atoms with E-state index in [0.717, 1.165) is 0 Å². The van der Waals surface area contributed by atoms with Crippen molar-refractivity contribution in [2.45, 2.75) is 18.4 Å². The Balaban J connectivity index is 1.87. The van der Waals surface area contributed by atoms with Crippen molar-refractivity contribution >= 4 is 11.9 Å². The second kappa shape index (κ2) is 6.95. The van der Waals surface area contributed by atoms with Gasteiger partial charge in [-0.05, 0) is 11.6 Å². The second-order valence-corrected chi connectivity index (χ2v) is 4.92. The van der Waals surface area contributed by atoms with E-state index in [-0.39, 0.29) is 25.3 Å². The first-order valence-corrected chi connectivity index (χ1v) is 6.80. The molecule has 1 aliphatic rings. The number of rotatable bonds is 7. The van der Waals surface area contributed by atoms with Crippen LogP contribution in [-0.4, -0.2) is 38.4 Å². The molecule has 10 heteroatoms. The Hall–Kier alpha value is -2.49. The minimum Gasteiger partial charge on any atom is -0.467 e. The zero-order valence-corrected chi connectivity index (χ0v) is 12.6. The molecule has 0 saturated heterocycles. The molecule has 0 saturated carbocycles. The number of alkyl halides is 3. The number of carbonyl (C=O) groups is 2. The summed E-state index contributed by atoms with van der Waals surface area (Å²) in [5.74, 6) is -1.14. The monoisotopic (exact) mass is 345 g/mol. The normalized spacial score (nSPS) is 15.0. The van der Waals surface area contributed by atoms with Crippen molar-refractivity contribution in [2.75, 3.05) is 20.3 Å². The number of hydrogen-bond acceptors (Lipinski definition) is 6. The summed E-state index contributed by atoms with van der Waals surface area (Å²) in [6.07, 6.45) is -4.60. The zero-order valence-electron chi connectivity index (χ0n) is 12.6. The number of amides is 1. The molecule has 0 aromatic heterocycles. The van der Waals surface area contributed by atoms with Gasteiger partial charge in [0, 0.05) is 12.1 Å². The van der Waals surface area contributed by atoms with Gasteiger partial charge in [-0.15, -0.1) is 10.2 Å². The fourth-order valence-corrected chi connectivity index (χ4v) is 1.88. The molecule has 1 N–H and O–H groups in total. The Labute approximate surface area is 134 Å². The van der Waals surface area contributed by atoms with E-state index in [1.54, 1.807) is 6.07 Å². The number of benzene rings is 1. The first-order chi connectivity index (χ1) is 11.3. The Bertz CT molecular complexity index is 655. The van der Waals surface area contributed by atoms with Gasteiger partial charge in [-0.1, -0.05) is 18.2 Å². The molecule has 0 aliphatic carbocycles. The van der Waals surface area contributed by atoms with Gasteiger partial charge in [0.15, 0.2) is 0 Å². The second-order valence-electron chi connectivity index (χ2n) is 4.92. The molecule has 0 bridgehead atoms. The third-order valence-corrected chi connectivity index (χ3v) is 3.20. The molecule has 1 aliphatic heterocycles. The number of esters is 1. The summed E-state index contributed by atoms with van der Waals surface area (Å²) in [7, 11) is 1.19. The van der Waals surface area contributed by atoms with Crippen molar-refractivity contribution in [1.82, 2.24) is 5.32 Å². The smallest absolute Gasteiger partial charge is 0.442 e. The van der Waals surface area contributed by atoms with Gasteiger partial charge < -0.3 is 14.8 Å². The Morgan fingerprint density at radius 1 is 1.25 bits per heavy atom. The van der Waals surface area contributed by atoms with Crippen LogP contribution in [0.1, 0.15) is 11.1 Å². The van der Waals surface area contributed by atoms with E-state index < -0.39 is 23.7 Å². The van der Waals surface area contributed by atoms with Crippen LogP contribution in [-0.2, 0) is 31.3 Å². The maximum Gasteiger partial charge on any atom is 0.442 e. The fourth-order valence-electron chi connectivity index (χ4n) is 1.88. The van der Waals surface area contributed by atoms with E-state index in [4.69, 9.17) is 4.74 Å². The molecule has 1 amide bonds. The van der Waals surface area contributed by atoms with Crippen LogP contribution in [0.3, 0.4) is 0 Å². The van der Waals surface area contributed by atoms with Gasteiger partial charge in [0.1, 0.15) is 13.2 Å². The lowest BCUT2D eigenvalue weighted by atomic mass is 10.0. The average molecular weight is 345 g/mol. The highest BCUT2D eigenvalue weighted by molar-refractivity contribution is 5.77. The number of nitrogens with zero attached hydrogens (tertiary/aromatic N) is 2. The summed E-state index contributed by atoms with van der Waals surface area (Å²) in [5, 5.41) is 8.72. The predicted octanol–water partition coefficient (Wildman–Crippen LogP) is 1.67. The van der Waals surface area contributed by atoms with E-state index in [1.807, 2.05) is 0 Å². The molecule has 0 spiro atoms. The SMILES string of the molecule is COC(=O)COCC(=O)NCc1cccc(C2(C(F)(F)F)N=N2)c1. The van der Waals surface area contributed by atoms with Gasteiger partial charge in [0.25, 0.3) is 0 Å².